The number of methoxy groups -OCH3 is 2. The Balaban J connectivity index is 1.61. The third-order valence-electron chi connectivity index (χ3n) is 5.67. The number of nitrogens with zero attached hydrogens (tertiary/aromatic N) is 8. The largest absolute Gasteiger partial charge is 0.497 e. The summed E-state index contributed by atoms with van der Waals surface area (Å²) in [4.78, 5) is 13.3. The summed E-state index contributed by atoms with van der Waals surface area (Å²) in [6, 6.07) is 11.8. The van der Waals surface area contributed by atoms with Crippen LogP contribution in [0.25, 0.3) is 22.3 Å². The van der Waals surface area contributed by atoms with Crippen LogP contribution in [0.4, 0.5) is 11.4 Å². The molecule has 5 aromatic rings. The second-order valence-electron chi connectivity index (χ2n) is 8.01. The van der Waals surface area contributed by atoms with Gasteiger partial charge in [-0.2, -0.15) is 20.1 Å². The Hall–Kier alpha value is -4.47. The van der Waals surface area contributed by atoms with Crippen molar-refractivity contribution in [2.45, 2.75) is 20.0 Å². The Morgan fingerprint density at radius 3 is 2.34 bits per heavy atom. The predicted octanol–water partition coefficient (Wildman–Crippen LogP) is 4.00. The van der Waals surface area contributed by atoms with E-state index in [1.165, 1.54) is 0 Å². The maximum Gasteiger partial charge on any atom is 0.124 e. The summed E-state index contributed by atoms with van der Waals surface area (Å²) < 4.78 is 12.8. The first-order valence-electron chi connectivity index (χ1n) is 11.2. The summed E-state index contributed by atoms with van der Waals surface area (Å²) in [5.74, 6) is 1.39. The van der Waals surface area contributed by atoms with Crippen molar-refractivity contribution in [3.05, 3.63) is 66.9 Å². The molecule has 0 aliphatic rings. The summed E-state index contributed by atoms with van der Waals surface area (Å²) in [6.45, 7) is 3.21. The monoisotopic (exact) mass is 470 g/mol. The highest BCUT2D eigenvalue weighted by atomic mass is 16.5. The number of benzene rings is 2. The Labute approximate surface area is 202 Å². The van der Waals surface area contributed by atoms with Crippen molar-refractivity contribution in [1.82, 2.24) is 34.7 Å². The van der Waals surface area contributed by atoms with E-state index >= 15 is 0 Å². The van der Waals surface area contributed by atoms with Gasteiger partial charge in [-0.15, -0.1) is 0 Å². The molecule has 0 saturated heterocycles. The molecule has 0 saturated carbocycles. The molecule has 10 heteroatoms. The Morgan fingerprint density at radius 1 is 0.886 bits per heavy atom. The molecule has 0 aliphatic heterocycles. The number of ether oxygens (including phenoxy) is 2. The maximum absolute atomic E-state index is 5.52. The first-order chi connectivity index (χ1) is 17.1. The molecule has 0 N–H and O–H groups in total. The molecule has 3 aromatic heterocycles. The van der Waals surface area contributed by atoms with E-state index in [0.29, 0.717) is 24.6 Å². The molecule has 2 aromatic carbocycles. The zero-order chi connectivity index (χ0) is 24.4. The Morgan fingerprint density at radius 2 is 1.69 bits per heavy atom. The topological polar surface area (TPSA) is 96.0 Å². The molecular weight excluding hydrogens is 444 g/mol. The number of hydrogen-bond donors (Lipinski definition) is 0. The zero-order valence-corrected chi connectivity index (χ0v) is 20.1. The molecule has 0 radical (unpaired) electrons. The van der Waals surface area contributed by atoms with E-state index in [1.807, 2.05) is 56.6 Å². The lowest BCUT2D eigenvalue weighted by molar-refractivity contribution is 0.394. The van der Waals surface area contributed by atoms with Gasteiger partial charge in [-0.25, -0.2) is 4.98 Å². The number of hydrogen-bond acceptors (Lipinski definition) is 8. The summed E-state index contributed by atoms with van der Waals surface area (Å²) in [5.41, 5.74) is 5.92. The number of fused-ring (bicyclic) bond motifs is 1. The van der Waals surface area contributed by atoms with E-state index in [2.05, 4.69) is 25.2 Å². The van der Waals surface area contributed by atoms with Gasteiger partial charge in [-0.3, -0.25) is 9.67 Å². The molecule has 0 aliphatic carbocycles. The van der Waals surface area contributed by atoms with Crippen molar-refractivity contribution < 1.29 is 9.47 Å². The highest BCUT2D eigenvalue weighted by molar-refractivity contribution is 5.82. The van der Waals surface area contributed by atoms with E-state index in [1.54, 1.807) is 42.3 Å². The molecule has 0 atom stereocenters. The number of aryl methyl sites for hydroxylation is 2. The number of aromatic nitrogens is 7. The molecule has 0 bridgehead atoms. The maximum atomic E-state index is 5.52. The molecule has 3 heterocycles. The average molecular weight is 471 g/mol. The average Bonchev–Trinajstić information content (AvgIpc) is 3.55. The molecule has 35 heavy (non-hydrogen) atoms. The summed E-state index contributed by atoms with van der Waals surface area (Å²) in [6.07, 6.45) is 7.26. The minimum atomic E-state index is 0.498. The molecular formula is C25H26N8O2. The van der Waals surface area contributed by atoms with Gasteiger partial charge in [-0.1, -0.05) is 0 Å². The van der Waals surface area contributed by atoms with Gasteiger partial charge in [0.2, 0.25) is 0 Å². The standard InChI is InChI=1S/C25H26N8O2/c1-5-33-28-13-18(30-33)16-32(20-8-21(34-3)11-22(9-20)35-4)19-6-7-23-24(10-19)29-25(14-26-23)17-12-27-31(2)15-17/h6-15H,5,16H2,1-4H3. The highest BCUT2D eigenvalue weighted by Crippen LogP contribution is 2.35. The van der Waals surface area contributed by atoms with Gasteiger partial charge < -0.3 is 14.4 Å². The Kier molecular flexibility index (Phi) is 6.01. The van der Waals surface area contributed by atoms with Crippen molar-refractivity contribution in [2.75, 3.05) is 19.1 Å². The fourth-order valence-corrected chi connectivity index (χ4v) is 3.86. The van der Waals surface area contributed by atoms with Crippen LogP contribution in [-0.2, 0) is 20.1 Å². The van der Waals surface area contributed by atoms with Gasteiger partial charge in [0.15, 0.2) is 0 Å². The summed E-state index contributed by atoms with van der Waals surface area (Å²) >= 11 is 0. The van der Waals surface area contributed by atoms with E-state index in [0.717, 1.165) is 39.4 Å². The third-order valence-corrected chi connectivity index (χ3v) is 5.67. The molecule has 0 unspecified atom stereocenters. The molecule has 5 rings (SSSR count). The molecule has 0 amide bonds. The van der Waals surface area contributed by atoms with Crippen LogP contribution in [0.5, 0.6) is 11.5 Å². The van der Waals surface area contributed by atoms with Crippen LogP contribution in [-0.4, -0.2) is 49.0 Å². The van der Waals surface area contributed by atoms with Crippen molar-refractivity contribution in [2.24, 2.45) is 7.05 Å². The van der Waals surface area contributed by atoms with Crippen molar-refractivity contribution in [3.8, 4) is 22.8 Å². The number of rotatable bonds is 8. The van der Waals surface area contributed by atoms with E-state index in [4.69, 9.17) is 14.5 Å². The van der Waals surface area contributed by atoms with Crippen LogP contribution in [0, 0.1) is 0 Å². The first kappa shape index (κ1) is 22.3. The highest BCUT2D eigenvalue weighted by Gasteiger charge is 2.17. The zero-order valence-electron chi connectivity index (χ0n) is 20.1. The Bertz CT molecular complexity index is 1450. The minimum Gasteiger partial charge on any atom is -0.497 e. The van der Waals surface area contributed by atoms with Gasteiger partial charge in [0.1, 0.15) is 17.2 Å². The van der Waals surface area contributed by atoms with Crippen LogP contribution in [0.3, 0.4) is 0 Å². The van der Waals surface area contributed by atoms with Gasteiger partial charge in [0, 0.05) is 48.4 Å². The first-order valence-corrected chi connectivity index (χ1v) is 11.2. The van der Waals surface area contributed by atoms with E-state index in [9.17, 15) is 0 Å². The lowest BCUT2D eigenvalue weighted by atomic mass is 10.2. The fourth-order valence-electron chi connectivity index (χ4n) is 3.86. The molecule has 0 fully saturated rings. The summed E-state index contributed by atoms with van der Waals surface area (Å²) in [7, 11) is 5.16. The minimum absolute atomic E-state index is 0.498. The molecule has 0 spiro atoms. The SMILES string of the molecule is CCn1ncc(CN(c2cc(OC)cc(OC)c2)c2ccc3ncc(-c4cnn(C)c4)nc3c2)n1. The quantitative estimate of drug-likeness (QED) is 0.336. The van der Waals surface area contributed by atoms with Gasteiger partial charge in [0.25, 0.3) is 0 Å². The van der Waals surface area contributed by atoms with Crippen LogP contribution in [0.2, 0.25) is 0 Å². The lowest BCUT2D eigenvalue weighted by Gasteiger charge is -2.25. The van der Waals surface area contributed by atoms with Crippen LogP contribution >= 0.6 is 0 Å². The predicted molar refractivity (Wildman–Crippen MR) is 133 cm³/mol. The molecule has 178 valence electrons. The second-order valence-corrected chi connectivity index (χ2v) is 8.01. The lowest BCUT2D eigenvalue weighted by Crippen LogP contribution is -2.17. The van der Waals surface area contributed by atoms with Gasteiger partial charge in [0.05, 0.1) is 62.6 Å². The van der Waals surface area contributed by atoms with Crippen molar-refractivity contribution in [1.29, 1.82) is 0 Å². The van der Waals surface area contributed by atoms with Crippen molar-refractivity contribution in [3.63, 3.8) is 0 Å². The third kappa shape index (κ3) is 4.63. The van der Waals surface area contributed by atoms with Crippen LogP contribution < -0.4 is 14.4 Å². The second kappa shape index (κ2) is 9.41. The van der Waals surface area contributed by atoms with E-state index in [-0.39, 0.29) is 0 Å². The van der Waals surface area contributed by atoms with Crippen LogP contribution in [0.15, 0.2) is 61.2 Å². The summed E-state index contributed by atoms with van der Waals surface area (Å²) in [5, 5.41) is 13.2. The van der Waals surface area contributed by atoms with Gasteiger partial charge >= 0.3 is 0 Å². The van der Waals surface area contributed by atoms with Crippen molar-refractivity contribution >= 4 is 22.4 Å². The van der Waals surface area contributed by atoms with Gasteiger partial charge in [-0.05, 0) is 25.1 Å². The fraction of sp³-hybridized carbons (Fsp3) is 0.240. The number of anilines is 2. The van der Waals surface area contributed by atoms with Crippen LogP contribution in [0.1, 0.15) is 12.6 Å². The van der Waals surface area contributed by atoms with E-state index < -0.39 is 0 Å². The smallest absolute Gasteiger partial charge is 0.124 e. The molecule has 10 nitrogen and oxygen atoms in total. The normalized spacial score (nSPS) is 11.1.